The molecule has 1 aliphatic heterocycles. The second-order valence-corrected chi connectivity index (χ2v) is 6.99. The van der Waals surface area contributed by atoms with E-state index in [0.29, 0.717) is 30.2 Å². The van der Waals surface area contributed by atoms with E-state index in [1.54, 1.807) is 50.3 Å². The minimum Gasteiger partial charge on any atom is -0.508 e. The van der Waals surface area contributed by atoms with E-state index in [1.807, 2.05) is 29.2 Å². The van der Waals surface area contributed by atoms with Crippen LogP contribution >= 0.6 is 0 Å². The van der Waals surface area contributed by atoms with Crippen molar-refractivity contribution in [3.8, 4) is 17.2 Å². The molecular formula is C22H23N3O4. The highest BCUT2D eigenvalue weighted by atomic mass is 16.5. The van der Waals surface area contributed by atoms with Crippen LogP contribution in [0.5, 0.6) is 17.2 Å². The molecule has 7 nitrogen and oxygen atoms in total. The summed E-state index contributed by atoms with van der Waals surface area (Å²) >= 11 is 0. The van der Waals surface area contributed by atoms with Crippen molar-refractivity contribution in [2.75, 3.05) is 20.8 Å². The Kier molecular flexibility index (Phi) is 4.88. The lowest BCUT2D eigenvalue weighted by Gasteiger charge is -2.38. The van der Waals surface area contributed by atoms with Gasteiger partial charge in [0.1, 0.15) is 11.4 Å². The standard InChI is InChI=1S/C22H23N3O4/c1-24-18(8-10-23-24)22(27)25-11-9-15-12-19(28-2)20(29-3)13-17(15)21(25)14-4-6-16(26)7-5-14/h4-8,10,12-13,21,26H,9,11H2,1-3H3. The summed E-state index contributed by atoms with van der Waals surface area (Å²) in [5.41, 5.74) is 3.52. The molecule has 0 aliphatic carbocycles. The summed E-state index contributed by atoms with van der Waals surface area (Å²) < 4.78 is 12.6. The van der Waals surface area contributed by atoms with Crippen molar-refractivity contribution in [1.29, 1.82) is 0 Å². The zero-order valence-electron chi connectivity index (χ0n) is 16.6. The lowest BCUT2D eigenvalue weighted by atomic mass is 9.87. The highest BCUT2D eigenvalue weighted by Crippen LogP contribution is 2.41. The second-order valence-electron chi connectivity index (χ2n) is 6.99. The van der Waals surface area contributed by atoms with Gasteiger partial charge in [0.15, 0.2) is 11.5 Å². The predicted molar refractivity (Wildman–Crippen MR) is 107 cm³/mol. The molecule has 3 aromatic rings. The topological polar surface area (TPSA) is 76.8 Å². The van der Waals surface area contributed by atoms with Crippen LogP contribution in [0.15, 0.2) is 48.7 Å². The maximum atomic E-state index is 13.4. The van der Waals surface area contributed by atoms with Gasteiger partial charge in [0.05, 0.1) is 20.3 Å². The van der Waals surface area contributed by atoms with E-state index >= 15 is 0 Å². The molecule has 150 valence electrons. The first-order valence-electron chi connectivity index (χ1n) is 9.36. The van der Waals surface area contributed by atoms with Crippen LogP contribution in [-0.2, 0) is 13.5 Å². The van der Waals surface area contributed by atoms with Crippen molar-refractivity contribution >= 4 is 5.91 Å². The third-order valence-corrected chi connectivity index (χ3v) is 5.38. The van der Waals surface area contributed by atoms with Gasteiger partial charge >= 0.3 is 0 Å². The largest absolute Gasteiger partial charge is 0.508 e. The molecule has 0 bridgehead atoms. The first-order chi connectivity index (χ1) is 14.0. The van der Waals surface area contributed by atoms with Crippen LogP contribution in [0, 0.1) is 0 Å². The summed E-state index contributed by atoms with van der Waals surface area (Å²) in [6.45, 7) is 0.554. The van der Waals surface area contributed by atoms with Crippen molar-refractivity contribution in [3.05, 3.63) is 71.0 Å². The number of rotatable bonds is 4. The van der Waals surface area contributed by atoms with E-state index in [1.165, 1.54) is 0 Å². The minimum absolute atomic E-state index is 0.0940. The van der Waals surface area contributed by atoms with Crippen LogP contribution in [0.1, 0.15) is 33.2 Å². The van der Waals surface area contributed by atoms with E-state index in [0.717, 1.165) is 16.7 Å². The van der Waals surface area contributed by atoms with Gasteiger partial charge in [-0.2, -0.15) is 5.10 Å². The number of phenolic OH excluding ortho intramolecular Hbond substituents is 1. The Labute approximate surface area is 169 Å². The molecular weight excluding hydrogens is 370 g/mol. The molecule has 7 heteroatoms. The minimum atomic E-state index is -0.318. The lowest BCUT2D eigenvalue weighted by molar-refractivity contribution is 0.0683. The molecule has 0 fully saturated rings. The number of phenols is 1. The van der Waals surface area contributed by atoms with E-state index in [-0.39, 0.29) is 17.7 Å². The molecule has 0 spiro atoms. The van der Waals surface area contributed by atoms with Gasteiger partial charge in [-0.05, 0) is 53.4 Å². The first-order valence-corrected chi connectivity index (χ1v) is 9.36. The fraction of sp³-hybridized carbons (Fsp3) is 0.273. The Morgan fingerprint density at radius 2 is 1.79 bits per heavy atom. The number of fused-ring (bicyclic) bond motifs is 1. The zero-order valence-corrected chi connectivity index (χ0v) is 16.6. The van der Waals surface area contributed by atoms with E-state index in [4.69, 9.17) is 9.47 Å². The van der Waals surface area contributed by atoms with Gasteiger partial charge in [-0.3, -0.25) is 9.48 Å². The van der Waals surface area contributed by atoms with Gasteiger partial charge in [-0.25, -0.2) is 0 Å². The predicted octanol–water partition coefficient (Wildman–Crippen LogP) is 2.93. The SMILES string of the molecule is COc1cc2c(cc1OC)C(c1ccc(O)cc1)N(C(=O)c1ccnn1C)CC2. The average molecular weight is 393 g/mol. The quantitative estimate of drug-likeness (QED) is 0.738. The molecule has 0 saturated heterocycles. The Morgan fingerprint density at radius 3 is 2.41 bits per heavy atom. The average Bonchev–Trinajstić information content (AvgIpc) is 3.17. The number of carbonyl (C=O) groups is 1. The Balaban J connectivity index is 1.86. The number of aryl methyl sites for hydroxylation is 1. The highest BCUT2D eigenvalue weighted by Gasteiger charge is 2.34. The fourth-order valence-corrected chi connectivity index (χ4v) is 3.91. The molecule has 29 heavy (non-hydrogen) atoms. The first kappa shape index (κ1) is 18.9. The van der Waals surface area contributed by atoms with E-state index in [2.05, 4.69) is 5.10 Å². The Bertz CT molecular complexity index is 1040. The lowest BCUT2D eigenvalue weighted by Crippen LogP contribution is -2.41. The molecule has 0 radical (unpaired) electrons. The van der Waals surface area contributed by atoms with Gasteiger partial charge in [0.25, 0.3) is 5.91 Å². The maximum Gasteiger partial charge on any atom is 0.272 e. The number of methoxy groups -OCH3 is 2. The van der Waals surface area contributed by atoms with Crippen LogP contribution in [-0.4, -0.2) is 46.5 Å². The van der Waals surface area contributed by atoms with Gasteiger partial charge in [0, 0.05) is 19.8 Å². The number of benzene rings is 2. The maximum absolute atomic E-state index is 13.4. The monoisotopic (exact) mass is 393 g/mol. The normalized spacial score (nSPS) is 15.7. The number of hydrogen-bond acceptors (Lipinski definition) is 5. The van der Waals surface area contributed by atoms with Crippen molar-refractivity contribution in [3.63, 3.8) is 0 Å². The van der Waals surface area contributed by atoms with Crippen LogP contribution in [0.25, 0.3) is 0 Å². The van der Waals surface area contributed by atoms with Crippen molar-refractivity contribution in [2.24, 2.45) is 7.05 Å². The summed E-state index contributed by atoms with van der Waals surface area (Å²) in [4.78, 5) is 15.2. The molecule has 1 amide bonds. The third-order valence-electron chi connectivity index (χ3n) is 5.38. The second kappa shape index (κ2) is 7.50. The van der Waals surface area contributed by atoms with Gasteiger partial charge in [0.2, 0.25) is 0 Å². The molecule has 1 unspecified atom stereocenters. The molecule has 1 aliphatic rings. The molecule has 1 aromatic heterocycles. The summed E-state index contributed by atoms with van der Waals surface area (Å²) in [5.74, 6) is 1.37. The number of aromatic nitrogens is 2. The summed E-state index contributed by atoms with van der Waals surface area (Å²) in [6, 6.07) is 12.3. The van der Waals surface area contributed by atoms with Crippen molar-refractivity contribution < 1.29 is 19.4 Å². The van der Waals surface area contributed by atoms with E-state index in [9.17, 15) is 9.90 Å². The van der Waals surface area contributed by atoms with Gasteiger partial charge in [-0.1, -0.05) is 12.1 Å². The van der Waals surface area contributed by atoms with Crippen LogP contribution in [0.2, 0.25) is 0 Å². The van der Waals surface area contributed by atoms with Crippen molar-refractivity contribution in [2.45, 2.75) is 12.5 Å². The Morgan fingerprint density at radius 1 is 1.10 bits per heavy atom. The fourth-order valence-electron chi connectivity index (χ4n) is 3.91. The highest BCUT2D eigenvalue weighted by molar-refractivity contribution is 5.93. The molecule has 2 aromatic carbocycles. The number of aromatic hydroxyl groups is 1. The summed E-state index contributed by atoms with van der Waals surface area (Å²) in [6.07, 6.45) is 2.32. The number of hydrogen-bond donors (Lipinski definition) is 1. The van der Waals surface area contributed by atoms with Crippen LogP contribution in [0.4, 0.5) is 0 Å². The number of carbonyl (C=O) groups excluding carboxylic acids is 1. The van der Waals surface area contributed by atoms with Crippen LogP contribution < -0.4 is 9.47 Å². The molecule has 2 heterocycles. The van der Waals surface area contributed by atoms with Gasteiger partial charge < -0.3 is 19.5 Å². The number of nitrogens with zero attached hydrogens (tertiary/aromatic N) is 3. The number of amides is 1. The smallest absolute Gasteiger partial charge is 0.272 e. The molecule has 1 N–H and O–H groups in total. The summed E-state index contributed by atoms with van der Waals surface area (Å²) in [5, 5.41) is 13.9. The third kappa shape index (κ3) is 3.29. The van der Waals surface area contributed by atoms with Crippen LogP contribution in [0.3, 0.4) is 0 Å². The molecule has 1 atom stereocenters. The molecule has 4 rings (SSSR count). The molecule has 0 saturated carbocycles. The van der Waals surface area contributed by atoms with Gasteiger partial charge in [-0.15, -0.1) is 0 Å². The number of ether oxygens (including phenoxy) is 2. The Hall–Kier alpha value is -3.48. The summed E-state index contributed by atoms with van der Waals surface area (Å²) in [7, 11) is 4.97. The van der Waals surface area contributed by atoms with E-state index < -0.39 is 0 Å². The van der Waals surface area contributed by atoms with Crippen molar-refractivity contribution in [1.82, 2.24) is 14.7 Å². The zero-order chi connectivity index (χ0) is 20.5.